The van der Waals surface area contributed by atoms with Crippen molar-refractivity contribution >= 4 is 23.4 Å². The molecule has 0 aliphatic heterocycles. The minimum absolute atomic E-state index is 0. The topological polar surface area (TPSA) is 42.7 Å². The van der Waals surface area contributed by atoms with E-state index in [0.717, 1.165) is 13.1 Å². The van der Waals surface area contributed by atoms with E-state index in [1.807, 2.05) is 36.4 Å². The zero-order valence-electron chi connectivity index (χ0n) is 14.4. The Bertz CT molecular complexity index is 795. The third kappa shape index (κ3) is 3.02. The number of nitrogens with zero attached hydrogens (tertiary/aromatic N) is 1. The monoisotopic (exact) mass is 349 g/mol. The first-order valence-electron chi connectivity index (χ1n) is 8.15. The van der Waals surface area contributed by atoms with Gasteiger partial charge in [0.2, 0.25) is 0 Å². The molecule has 1 aromatic carbocycles. The van der Waals surface area contributed by atoms with Gasteiger partial charge in [-0.15, -0.1) is 12.4 Å². The highest BCUT2D eigenvalue weighted by Crippen LogP contribution is 2.35. The lowest BCUT2D eigenvalue weighted by Crippen LogP contribution is -2.43. The molecule has 0 fully saturated rings. The van der Waals surface area contributed by atoms with E-state index in [9.17, 15) is 4.79 Å². The second-order valence-electron chi connectivity index (χ2n) is 5.90. The third-order valence-corrected chi connectivity index (χ3v) is 4.70. The predicted octanol–water partition coefficient (Wildman–Crippen LogP) is 3.51. The molecular weight excluding hydrogens is 326 g/mol. The van der Waals surface area contributed by atoms with Gasteiger partial charge in [-0.25, -0.2) is 0 Å². The van der Waals surface area contributed by atoms with E-state index in [1.165, 1.54) is 0 Å². The SMILES string of the molecule is CCN(CC)CC1(OC)C=CCc2c1oc1ccccc1c2=O.Cl. The number of allylic oxidation sites excluding steroid dienone is 1. The van der Waals surface area contributed by atoms with Crippen molar-refractivity contribution in [3.8, 4) is 0 Å². The van der Waals surface area contributed by atoms with Gasteiger partial charge in [0.15, 0.2) is 11.0 Å². The van der Waals surface area contributed by atoms with Crippen LogP contribution < -0.4 is 5.43 Å². The highest BCUT2D eigenvalue weighted by molar-refractivity contribution is 5.85. The number of hydrogen-bond donors (Lipinski definition) is 0. The molecule has 3 rings (SSSR count). The van der Waals surface area contributed by atoms with Gasteiger partial charge in [-0.3, -0.25) is 4.79 Å². The van der Waals surface area contributed by atoms with Gasteiger partial charge < -0.3 is 14.1 Å². The molecular formula is C19H24ClNO3. The molecule has 2 aromatic rings. The Morgan fingerprint density at radius 1 is 1.25 bits per heavy atom. The van der Waals surface area contributed by atoms with Crippen LogP contribution in [0.5, 0.6) is 0 Å². The molecule has 0 saturated heterocycles. The third-order valence-electron chi connectivity index (χ3n) is 4.70. The summed E-state index contributed by atoms with van der Waals surface area (Å²) in [6, 6.07) is 7.41. The Labute approximate surface area is 148 Å². The van der Waals surface area contributed by atoms with Crippen molar-refractivity contribution in [3.05, 3.63) is 58.0 Å². The van der Waals surface area contributed by atoms with E-state index in [-0.39, 0.29) is 17.8 Å². The molecule has 0 N–H and O–H groups in total. The van der Waals surface area contributed by atoms with Crippen LogP contribution in [0, 0.1) is 0 Å². The lowest BCUT2D eigenvalue weighted by molar-refractivity contribution is -0.0183. The highest BCUT2D eigenvalue weighted by atomic mass is 35.5. The Kier molecular flexibility index (Phi) is 5.86. The molecule has 0 saturated carbocycles. The molecule has 1 atom stereocenters. The maximum atomic E-state index is 12.8. The number of para-hydroxylation sites is 1. The van der Waals surface area contributed by atoms with Gasteiger partial charge in [0.05, 0.1) is 5.39 Å². The number of fused-ring (bicyclic) bond motifs is 2. The Morgan fingerprint density at radius 3 is 2.62 bits per heavy atom. The molecule has 1 unspecified atom stereocenters. The van der Waals surface area contributed by atoms with Crippen molar-refractivity contribution in [2.45, 2.75) is 25.9 Å². The Hall–Kier alpha value is -1.62. The lowest BCUT2D eigenvalue weighted by Gasteiger charge is -2.36. The highest BCUT2D eigenvalue weighted by Gasteiger charge is 2.39. The van der Waals surface area contributed by atoms with E-state index < -0.39 is 5.60 Å². The number of likely N-dealkylation sites (N-methyl/N-ethyl adjacent to an activating group) is 1. The molecule has 0 bridgehead atoms. The van der Waals surface area contributed by atoms with Crippen molar-refractivity contribution in [1.29, 1.82) is 0 Å². The van der Waals surface area contributed by atoms with Crippen molar-refractivity contribution in [2.75, 3.05) is 26.7 Å². The fourth-order valence-electron chi connectivity index (χ4n) is 3.28. The van der Waals surface area contributed by atoms with Crippen molar-refractivity contribution in [2.24, 2.45) is 0 Å². The van der Waals surface area contributed by atoms with Crippen LogP contribution in [0.4, 0.5) is 0 Å². The molecule has 24 heavy (non-hydrogen) atoms. The quantitative estimate of drug-likeness (QED) is 0.775. The molecule has 4 nitrogen and oxygen atoms in total. The van der Waals surface area contributed by atoms with Crippen LogP contribution >= 0.6 is 12.4 Å². The second-order valence-corrected chi connectivity index (χ2v) is 5.90. The normalized spacial score (nSPS) is 19.3. The van der Waals surface area contributed by atoms with E-state index in [0.29, 0.717) is 35.3 Å². The van der Waals surface area contributed by atoms with E-state index in [4.69, 9.17) is 9.15 Å². The van der Waals surface area contributed by atoms with Crippen LogP contribution in [-0.2, 0) is 16.8 Å². The first-order chi connectivity index (χ1) is 11.1. The maximum absolute atomic E-state index is 12.8. The Morgan fingerprint density at radius 2 is 1.96 bits per heavy atom. The van der Waals surface area contributed by atoms with E-state index in [2.05, 4.69) is 18.7 Å². The minimum atomic E-state index is -0.706. The van der Waals surface area contributed by atoms with Crippen LogP contribution in [0.3, 0.4) is 0 Å². The van der Waals surface area contributed by atoms with Gasteiger partial charge in [0, 0.05) is 19.2 Å². The summed E-state index contributed by atoms with van der Waals surface area (Å²) in [4.78, 5) is 15.1. The summed E-state index contributed by atoms with van der Waals surface area (Å²) in [6.07, 6.45) is 4.64. The summed E-state index contributed by atoms with van der Waals surface area (Å²) in [7, 11) is 1.68. The van der Waals surface area contributed by atoms with E-state index >= 15 is 0 Å². The van der Waals surface area contributed by atoms with Gasteiger partial charge in [0.25, 0.3) is 0 Å². The van der Waals surface area contributed by atoms with Crippen LogP contribution in [-0.4, -0.2) is 31.6 Å². The lowest BCUT2D eigenvalue weighted by atomic mass is 9.87. The molecule has 0 amide bonds. The number of methoxy groups -OCH3 is 1. The molecule has 1 aliphatic rings. The van der Waals surface area contributed by atoms with Gasteiger partial charge in [-0.2, -0.15) is 0 Å². The largest absolute Gasteiger partial charge is 0.457 e. The molecule has 0 radical (unpaired) electrons. The number of rotatable bonds is 5. The molecule has 1 aliphatic carbocycles. The zero-order chi connectivity index (χ0) is 16.4. The maximum Gasteiger partial charge on any atom is 0.196 e. The van der Waals surface area contributed by atoms with Crippen molar-refractivity contribution in [1.82, 2.24) is 4.90 Å². The summed E-state index contributed by atoms with van der Waals surface area (Å²) in [5.41, 5.74) is 0.669. The molecule has 5 heteroatoms. The summed E-state index contributed by atoms with van der Waals surface area (Å²) in [5, 5.41) is 0.634. The second kappa shape index (κ2) is 7.51. The number of hydrogen-bond acceptors (Lipinski definition) is 4. The van der Waals surface area contributed by atoms with Crippen LogP contribution in [0.2, 0.25) is 0 Å². The number of benzene rings is 1. The fraction of sp³-hybridized carbons (Fsp3) is 0.421. The first-order valence-corrected chi connectivity index (χ1v) is 8.15. The van der Waals surface area contributed by atoms with Gasteiger partial charge in [-0.05, 0) is 37.7 Å². The van der Waals surface area contributed by atoms with E-state index in [1.54, 1.807) is 7.11 Å². The molecule has 130 valence electrons. The molecule has 1 aromatic heterocycles. The van der Waals surface area contributed by atoms with Crippen LogP contribution in [0.15, 0.2) is 45.6 Å². The summed E-state index contributed by atoms with van der Waals surface area (Å²) in [6.45, 7) is 6.75. The molecule has 1 heterocycles. The summed E-state index contributed by atoms with van der Waals surface area (Å²) < 4.78 is 12.0. The first kappa shape index (κ1) is 18.7. The predicted molar refractivity (Wildman–Crippen MR) is 99.1 cm³/mol. The smallest absolute Gasteiger partial charge is 0.196 e. The van der Waals surface area contributed by atoms with Crippen LogP contribution in [0.1, 0.15) is 25.2 Å². The van der Waals surface area contributed by atoms with Crippen molar-refractivity contribution < 1.29 is 9.15 Å². The minimum Gasteiger partial charge on any atom is -0.457 e. The Balaban J connectivity index is 0.00000208. The zero-order valence-corrected chi connectivity index (χ0v) is 15.2. The standard InChI is InChI=1S/C19H23NO3.ClH/c1-4-20(5-2)13-19(22-3)12-8-10-15-17(21)14-9-6-7-11-16(14)23-18(15)19;/h6-9,11-12H,4-5,10,13H2,1-3H3;1H. The average molecular weight is 350 g/mol. The van der Waals surface area contributed by atoms with Gasteiger partial charge >= 0.3 is 0 Å². The number of ether oxygens (including phenoxy) is 1. The molecule has 0 spiro atoms. The van der Waals surface area contributed by atoms with Gasteiger partial charge in [0.1, 0.15) is 11.3 Å². The summed E-state index contributed by atoms with van der Waals surface area (Å²) >= 11 is 0. The summed E-state index contributed by atoms with van der Waals surface area (Å²) in [5.74, 6) is 0.651. The average Bonchev–Trinajstić information content (AvgIpc) is 2.60. The van der Waals surface area contributed by atoms with Gasteiger partial charge in [-0.1, -0.05) is 32.1 Å². The van der Waals surface area contributed by atoms with Crippen LogP contribution in [0.25, 0.3) is 11.0 Å². The van der Waals surface area contributed by atoms with Crippen molar-refractivity contribution in [3.63, 3.8) is 0 Å². The number of halogens is 1. The fourth-order valence-corrected chi connectivity index (χ4v) is 3.28.